The summed E-state index contributed by atoms with van der Waals surface area (Å²) in [5, 5.41) is 23.0. The highest BCUT2D eigenvalue weighted by Gasteiger charge is 2.46. The molecule has 9 heteroatoms. The van der Waals surface area contributed by atoms with E-state index in [4.69, 9.17) is 9.47 Å². The molecule has 0 aromatic rings. The molecule has 4 unspecified atom stereocenters. The van der Waals surface area contributed by atoms with E-state index < -0.39 is 12.2 Å². The lowest BCUT2D eigenvalue weighted by molar-refractivity contribution is -0.0211. The average Bonchev–Trinajstić information content (AvgIpc) is 2.97. The molecule has 0 saturated carbocycles. The Morgan fingerprint density at radius 1 is 1.12 bits per heavy atom. The van der Waals surface area contributed by atoms with Gasteiger partial charge in [0.25, 0.3) is 0 Å². The van der Waals surface area contributed by atoms with Crippen LogP contribution in [0.25, 0.3) is 0 Å². The number of carbonyl (C=O) groups is 1. The third-order valence-corrected chi connectivity index (χ3v) is 5.35. The van der Waals surface area contributed by atoms with Crippen LogP contribution >= 0.6 is 0 Å². The van der Waals surface area contributed by atoms with Crippen LogP contribution in [-0.4, -0.2) is 128 Å². The zero-order valence-electron chi connectivity index (χ0n) is 14.8. The molecule has 9 nitrogen and oxygen atoms in total. The maximum atomic E-state index is 12.3. The van der Waals surface area contributed by atoms with E-state index in [2.05, 4.69) is 22.2 Å². The summed E-state index contributed by atoms with van der Waals surface area (Å²) in [4.78, 5) is 18.5. The topological polar surface area (TPSA) is 97.7 Å². The predicted octanol–water partition coefficient (Wildman–Crippen LogP) is -2.24. The lowest BCUT2D eigenvalue weighted by atomic mass is 10.0. The lowest BCUT2D eigenvalue weighted by Gasteiger charge is -2.39. The normalized spacial score (nSPS) is 35.1. The fourth-order valence-corrected chi connectivity index (χ4v) is 3.78. The molecule has 3 N–H and O–H groups in total. The summed E-state index contributed by atoms with van der Waals surface area (Å²) in [6.07, 6.45) is -1.69. The van der Waals surface area contributed by atoms with Crippen molar-refractivity contribution in [2.45, 2.75) is 24.4 Å². The minimum Gasteiger partial charge on any atom is -0.394 e. The number of hydrogen-bond acceptors (Lipinski definition) is 7. The van der Waals surface area contributed by atoms with Crippen molar-refractivity contribution in [3.05, 3.63) is 0 Å². The number of aliphatic hydroxyl groups is 2. The summed E-state index contributed by atoms with van der Waals surface area (Å²) in [5.41, 5.74) is 0. The van der Waals surface area contributed by atoms with Gasteiger partial charge in [-0.25, -0.2) is 4.79 Å². The molecule has 0 bridgehead atoms. The Morgan fingerprint density at radius 3 is 2.44 bits per heavy atom. The zero-order valence-corrected chi connectivity index (χ0v) is 14.8. The van der Waals surface area contributed by atoms with Crippen LogP contribution in [0.4, 0.5) is 4.79 Å². The summed E-state index contributed by atoms with van der Waals surface area (Å²) in [6.45, 7) is 5.93. The smallest absolute Gasteiger partial charge is 0.317 e. The Labute approximate surface area is 148 Å². The van der Waals surface area contributed by atoms with Crippen molar-refractivity contribution in [2.75, 3.05) is 72.7 Å². The third-order valence-electron chi connectivity index (χ3n) is 5.35. The van der Waals surface area contributed by atoms with Crippen molar-refractivity contribution in [1.82, 2.24) is 20.0 Å². The van der Waals surface area contributed by atoms with Gasteiger partial charge in [0.1, 0.15) is 12.2 Å². The summed E-state index contributed by atoms with van der Waals surface area (Å²) in [7, 11) is 2.08. The Bertz CT molecular complexity index is 440. The van der Waals surface area contributed by atoms with Crippen molar-refractivity contribution >= 4 is 6.03 Å². The number of amides is 2. The minimum absolute atomic E-state index is 0.133. The molecule has 3 fully saturated rings. The standard InChI is InChI=1S/C16H30N4O5/c1-18-2-4-19(5-3-18)14-12(25-13(11-21)15(14)22)10-17-16(23)20-6-8-24-9-7-20/h12-15,21-22H,2-11H2,1H3,(H,17,23). The Morgan fingerprint density at radius 2 is 1.80 bits per heavy atom. The maximum Gasteiger partial charge on any atom is 0.317 e. The number of aliphatic hydroxyl groups excluding tert-OH is 2. The number of ether oxygens (including phenoxy) is 2. The van der Waals surface area contributed by atoms with Gasteiger partial charge in [0.2, 0.25) is 0 Å². The number of piperazine rings is 1. The van der Waals surface area contributed by atoms with Crippen LogP contribution in [0.1, 0.15) is 0 Å². The van der Waals surface area contributed by atoms with Crippen LogP contribution in [0, 0.1) is 0 Å². The summed E-state index contributed by atoms with van der Waals surface area (Å²) >= 11 is 0. The second-order valence-electron chi connectivity index (χ2n) is 7.00. The lowest BCUT2D eigenvalue weighted by Crippen LogP contribution is -2.57. The van der Waals surface area contributed by atoms with Gasteiger partial charge in [0, 0.05) is 45.8 Å². The van der Waals surface area contributed by atoms with Crippen molar-refractivity contribution in [3.63, 3.8) is 0 Å². The predicted molar refractivity (Wildman–Crippen MR) is 90.4 cm³/mol. The van der Waals surface area contributed by atoms with Crippen molar-refractivity contribution in [3.8, 4) is 0 Å². The van der Waals surface area contributed by atoms with E-state index in [1.165, 1.54) is 0 Å². The largest absolute Gasteiger partial charge is 0.394 e. The molecule has 144 valence electrons. The maximum absolute atomic E-state index is 12.3. The first-order valence-electron chi connectivity index (χ1n) is 9.07. The second-order valence-corrected chi connectivity index (χ2v) is 7.00. The zero-order chi connectivity index (χ0) is 17.8. The molecule has 25 heavy (non-hydrogen) atoms. The number of carbonyl (C=O) groups excluding carboxylic acids is 1. The van der Waals surface area contributed by atoms with Crippen molar-refractivity contribution in [1.29, 1.82) is 0 Å². The van der Waals surface area contributed by atoms with Crippen LogP contribution in [-0.2, 0) is 9.47 Å². The quantitative estimate of drug-likeness (QED) is 0.523. The molecular formula is C16H30N4O5. The molecule has 0 radical (unpaired) electrons. The number of morpholine rings is 1. The van der Waals surface area contributed by atoms with Gasteiger partial charge in [-0.2, -0.15) is 0 Å². The first kappa shape index (κ1) is 18.8. The second kappa shape index (κ2) is 8.61. The van der Waals surface area contributed by atoms with E-state index in [1.54, 1.807) is 4.90 Å². The van der Waals surface area contributed by atoms with Gasteiger partial charge >= 0.3 is 6.03 Å². The van der Waals surface area contributed by atoms with E-state index in [1.807, 2.05) is 0 Å². The van der Waals surface area contributed by atoms with E-state index >= 15 is 0 Å². The van der Waals surface area contributed by atoms with Gasteiger partial charge < -0.3 is 34.8 Å². The Hall–Kier alpha value is -0.970. The molecule has 0 aromatic heterocycles. The molecule has 0 aliphatic carbocycles. The van der Waals surface area contributed by atoms with Crippen molar-refractivity contribution in [2.24, 2.45) is 0 Å². The average molecular weight is 358 g/mol. The first-order valence-corrected chi connectivity index (χ1v) is 9.07. The monoisotopic (exact) mass is 358 g/mol. The highest BCUT2D eigenvalue weighted by Crippen LogP contribution is 2.26. The highest BCUT2D eigenvalue weighted by molar-refractivity contribution is 5.74. The van der Waals surface area contributed by atoms with Crippen LogP contribution in [0.15, 0.2) is 0 Å². The number of urea groups is 1. The summed E-state index contributed by atoms with van der Waals surface area (Å²) in [5.74, 6) is 0. The van der Waals surface area contributed by atoms with Crippen LogP contribution in [0.5, 0.6) is 0 Å². The Kier molecular flexibility index (Phi) is 6.48. The van der Waals surface area contributed by atoms with Crippen LogP contribution < -0.4 is 5.32 Å². The third kappa shape index (κ3) is 4.42. The minimum atomic E-state index is -0.751. The number of rotatable bonds is 4. The van der Waals surface area contributed by atoms with Gasteiger partial charge in [-0.15, -0.1) is 0 Å². The number of hydrogen-bond donors (Lipinski definition) is 3. The first-order chi connectivity index (χ1) is 12.1. The number of likely N-dealkylation sites (N-methyl/N-ethyl adjacent to an activating group) is 1. The summed E-state index contributed by atoms with van der Waals surface area (Å²) in [6, 6.07) is -0.346. The summed E-state index contributed by atoms with van der Waals surface area (Å²) < 4.78 is 11.1. The fraction of sp³-hybridized carbons (Fsp3) is 0.938. The number of nitrogens with one attached hydrogen (secondary N) is 1. The van der Waals surface area contributed by atoms with E-state index in [0.717, 1.165) is 26.2 Å². The van der Waals surface area contributed by atoms with Gasteiger partial charge in [0.15, 0.2) is 0 Å². The molecule has 3 saturated heterocycles. The molecule has 3 aliphatic rings. The molecule has 3 rings (SSSR count). The van der Waals surface area contributed by atoms with E-state index in [0.29, 0.717) is 32.8 Å². The molecule has 0 spiro atoms. The van der Waals surface area contributed by atoms with Gasteiger partial charge in [0.05, 0.1) is 32.0 Å². The molecule has 0 aromatic carbocycles. The van der Waals surface area contributed by atoms with E-state index in [9.17, 15) is 15.0 Å². The van der Waals surface area contributed by atoms with Crippen molar-refractivity contribution < 1.29 is 24.5 Å². The highest BCUT2D eigenvalue weighted by atomic mass is 16.5. The van der Waals surface area contributed by atoms with E-state index in [-0.39, 0.29) is 24.8 Å². The molecule has 3 heterocycles. The Balaban J connectivity index is 1.58. The number of nitrogens with zero attached hydrogens (tertiary/aromatic N) is 3. The molecular weight excluding hydrogens is 328 g/mol. The van der Waals surface area contributed by atoms with Gasteiger partial charge in [-0.3, -0.25) is 4.90 Å². The van der Waals surface area contributed by atoms with Crippen LogP contribution in [0.3, 0.4) is 0 Å². The van der Waals surface area contributed by atoms with Gasteiger partial charge in [-0.1, -0.05) is 0 Å². The molecule has 2 amide bonds. The van der Waals surface area contributed by atoms with Gasteiger partial charge in [-0.05, 0) is 7.05 Å². The SMILES string of the molecule is CN1CCN(C2C(CNC(=O)N3CCOCC3)OC(CO)C2O)CC1. The van der Waals surface area contributed by atoms with Crippen LogP contribution in [0.2, 0.25) is 0 Å². The molecule has 4 atom stereocenters. The fourth-order valence-electron chi connectivity index (χ4n) is 3.78. The molecule has 3 aliphatic heterocycles.